The van der Waals surface area contributed by atoms with Crippen LogP contribution in [0.1, 0.15) is 107 Å². The molecular weight excluding hydrogens is 408 g/mol. The molecule has 3 heteroatoms. The van der Waals surface area contributed by atoms with Gasteiger partial charge in [-0.1, -0.05) is 67.0 Å². The van der Waals surface area contributed by atoms with E-state index in [0.717, 1.165) is 19.3 Å². The van der Waals surface area contributed by atoms with Crippen LogP contribution in [-0.4, -0.2) is 33.6 Å². The Morgan fingerprint density at radius 2 is 1.30 bits per heavy atom. The molecule has 5 rings (SSSR count). The molecule has 10 atom stereocenters. The molecule has 0 bridgehead atoms. The zero-order valence-electron chi connectivity index (χ0n) is 22.5. The van der Waals surface area contributed by atoms with Gasteiger partial charge in [0.2, 0.25) is 0 Å². The van der Waals surface area contributed by atoms with Crippen LogP contribution in [0.25, 0.3) is 0 Å². The summed E-state index contributed by atoms with van der Waals surface area (Å²) in [6.45, 7) is 19.0. The Balaban J connectivity index is 1.60. The first kappa shape index (κ1) is 24.3. The largest absolute Gasteiger partial charge is 0.390 e. The van der Waals surface area contributed by atoms with Crippen LogP contribution in [0.2, 0.25) is 0 Å². The third kappa shape index (κ3) is 2.85. The Kier molecular flexibility index (Phi) is 5.07. The van der Waals surface area contributed by atoms with Crippen LogP contribution >= 0.6 is 0 Å². The van der Waals surface area contributed by atoms with E-state index in [-0.39, 0.29) is 22.2 Å². The molecule has 3 N–H and O–H groups in total. The van der Waals surface area contributed by atoms with Crippen LogP contribution in [0.5, 0.6) is 0 Å². The summed E-state index contributed by atoms with van der Waals surface area (Å²) in [4.78, 5) is 0. The van der Waals surface area contributed by atoms with Crippen LogP contribution in [0.3, 0.4) is 0 Å². The summed E-state index contributed by atoms with van der Waals surface area (Å²) in [5, 5.41) is 33.5. The molecule has 4 fully saturated rings. The monoisotopic (exact) mass is 458 g/mol. The molecule has 5 aliphatic carbocycles. The minimum absolute atomic E-state index is 0.129. The predicted octanol–water partition coefficient (Wildman–Crippen LogP) is 6.11. The van der Waals surface area contributed by atoms with Crippen molar-refractivity contribution in [1.29, 1.82) is 0 Å². The van der Waals surface area contributed by atoms with E-state index < -0.39 is 23.7 Å². The van der Waals surface area contributed by atoms with Crippen molar-refractivity contribution in [2.75, 3.05) is 0 Å². The van der Waals surface area contributed by atoms with Crippen LogP contribution in [0.4, 0.5) is 0 Å². The van der Waals surface area contributed by atoms with Crippen molar-refractivity contribution in [2.45, 2.75) is 125 Å². The summed E-state index contributed by atoms with van der Waals surface area (Å²) >= 11 is 0. The van der Waals surface area contributed by atoms with Crippen molar-refractivity contribution in [1.82, 2.24) is 0 Å². The van der Waals surface area contributed by atoms with Crippen molar-refractivity contribution in [3.63, 3.8) is 0 Å². The van der Waals surface area contributed by atoms with Gasteiger partial charge in [0.25, 0.3) is 0 Å². The van der Waals surface area contributed by atoms with Gasteiger partial charge in [-0.2, -0.15) is 0 Å². The molecule has 0 saturated heterocycles. The molecule has 0 amide bonds. The summed E-state index contributed by atoms with van der Waals surface area (Å²) in [6.07, 6.45) is 9.54. The minimum Gasteiger partial charge on any atom is -0.390 e. The SMILES string of the molecule is CC1(C)C=C2C3CCC4C5(C)C(O)C(O)C(O)C(C)(C)C5CCC4(C)C3(C)CCC2(C)CC1. The standard InChI is InChI=1S/C30H50O3/c1-25(2)13-14-27(5)15-16-28(6)18(19(27)17-25)9-10-21-29(28,7)12-11-20-26(3,4)23(32)22(31)24(33)30(20,21)8/h17-18,20-24,31-33H,9-16H2,1-8H3. The Morgan fingerprint density at radius 3 is 1.97 bits per heavy atom. The summed E-state index contributed by atoms with van der Waals surface area (Å²) in [6, 6.07) is 0. The molecule has 0 aromatic carbocycles. The first-order valence-electron chi connectivity index (χ1n) is 13.8. The van der Waals surface area contributed by atoms with E-state index in [2.05, 4.69) is 61.5 Å². The smallest absolute Gasteiger partial charge is 0.107 e. The first-order chi connectivity index (χ1) is 15.0. The fourth-order valence-electron chi connectivity index (χ4n) is 10.7. The van der Waals surface area contributed by atoms with E-state index >= 15 is 0 Å². The van der Waals surface area contributed by atoms with Gasteiger partial charge in [-0.05, 0) is 96.2 Å². The molecule has 3 nitrogen and oxygen atoms in total. The molecular formula is C30H50O3. The zero-order chi connectivity index (χ0) is 24.4. The lowest BCUT2D eigenvalue weighted by atomic mass is 9.32. The highest BCUT2D eigenvalue weighted by atomic mass is 16.4. The summed E-state index contributed by atoms with van der Waals surface area (Å²) in [5.41, 5.74) is 1.98. The van der Waals surface area contributed by atoms with Gasteiger partial charge < -0.3 is 15.3 Å². The van der Waals surface area contributed by atoms with Crippen LogP contribution in [0, 0.1) is 50.2 Å². The topological polar surface area (TPSA) is 60.7 Å². The molecule has 0 aromatic rings. The number of aliphatic hydroxyl groups excluding tert-OH is 3. The predicted molar refractivity (Wildman–Crippen MR) is 133 cm³/mol. The molecule has 0 aliphatic heterocycles. The lowest BCUT2D eigenvalue weighted by molar-refractivity contribution is -0.290. The second-order valence-electron chi connectivity index (χ2n) is 15.3. The maximum absolute atomic E-state index is 11.5. The van der Waals surface area contributed by atoms with E-state index in [1.54, 1.807) is 5.57 Å². The van der Waals surface area contributed by atoms with Crippen molar-refractivity contribution in [3.05, 3.63) is 11.6 Å². The Hall–Kier alpha value is -0.380. The second kappa shape index (κ2) is 6.88. The second-order valence-corrected chi connectivity index (χ2v) is 15.3. The fraction of sp³-hybridized carbons (Fsp3) is 0.933. The molecule has 33 heavy (non-hydrogen) atoms. The van der Waals surface area contributed by atoms with Gasteiger partial charge in [0.05, 0.1) is 12.2 Å². The molecule has 0 aromatic heterocycles. The highest BCUT2D eigenvalue weighted by Gasteiger charge is 2.71. The summed E-state index contributed by atoms with van der Waals surface area (Å²) in [5.74, 6) is 1.21. The van der Waals surface area contributed by atoms with Crippen LogP contribution < -0.4 is 0 Å². The maximum Gasteiger partial charge on any atom is 0.107 e. The third-order valence-electron chi connectivity index (χ3n) is 13.1. The van der Waals surface area contributed by atoms with E-state index in [9.17, 15) is 15.3 Å². The minimum atomic E-state index is -1.06. The number of rotatable bonds is 0. The van der Waals surface area contributed by atoms with Gasteiger partial charge in [-0.15, -0.1) is 0 Å². The van der Waals surface area contributed by atoms with Crippen LogP contribution in [0.15, 0.2) is 11.6 Å². The normalized spacial score (nSPS) is 57.1. The number of allylic oxidation sites excluding steroid dienone is 2. The maximum atomic E-state index is 11.5. The Labute approximate surface area is 202 Å². The van der Waals surface area contributed by atoms with E-state index in [4.69, 9.17) is 0 Å². The summed E-state index contributed by atoms with van der Waals surface area (Å²) < 4.78 is 0. The lowest BCUT2D eigenvalue weighted by Gasteiger charge is -2.73. The average Bonchev–Trinajstić information content (AvgIpc) is 2.73. The van der Waals surface area contributed by atoms with Gasteiger partial charge in [-0.3, -0.25) is 0 Å². The van der Waals surface area contributed by atoms with E-state index in [0.29, 0.717) is 22.7 Å². The van der Waals surface area contributed by atoms with Gasteiger partial charge in [-0.25, -0.2) is 0 Å². The lowest BCUT2D eigenvalue weighted by Crippen LogP contribution is -2.72. The highest BCUT2D eigenvalue weighted by Crippen LogP contribution is 2.76. The number of fused-ring (bicyclic) bond motifs is 7. The van der Waals surface area contributed by atoms with Crippen molar-refractivity contribution >= 4 is 0 Å². The third-order valence-corrected chi connectivity index (χ3v) is 13.1. The van der Waals surface area contributed by atoms with Crippen molar-refractivity contribution in [3.8, 4) is 0 Å². The van der Waals surface area contributed by atoms with Crippen molar-refractivity contribution in [2.24, 2.45) is 50.2 Å². The quantitative estimate of drug-likeness (QED) is 0.384. The molecule has 0 spiro atoms. The number of aliphatic hydroxyl groups is 3. The molecule has 0 radical (unpaired) electrons. The summed E-state index contributed by atoms with van der Waals surface area (Å²) in [7, 11) is 0. The molecule has 0 heterocycles. The molecule has 4 saturated carbocycles. The molecule has 10 unspecified atom stereocenters. The molecule has 5 aliphatic rings. The highest BCUT2D eigenvalue weighted by molar-refractivity contribution is 5.32. The van der Waals surface area contributed by atoms with Crippen LogP contribution in [-0.2, 0) is 0 Å². The van der Waals surface area contributed by atoms with Gasteiger partial charge in [0, 0.05) is 5.41 Å². The zero-order valence-corrected chi connectivity index (χ0v) is 22.5. The molecule has 188 valence electrons. The fourth-order valence-corrected chi connectivity index (χ4v) is 10.7. The first-order valence-corrected chi connectivity index (χ1v) is 13.8. The average molecular weight is 459 g/mol. The number of hydrogen-bond acceptors (Lipinski definition) is 3. The van der Waals surface area contributed by atoms with Crippen molar-refractivity contribution < 1.29 is 15.3 Å². The number of hydrogen-bond donors (Lipinski definition) is 3. The Morgan fingerprint density at radius 1 is 0.667 bits per heavy atom. The Bertz CT molecular complexity index is 859. The van der Waals surface area contributed by atoms with E-state index in [1.165, 1.54) is 32.1 Å². The van der Waals surface area contributed by atoms with Gasteiger partial charge >= 0.3 is 0 Å². The van der Waals surface area contributed by atoms with E-state index in [1.807, 2.05) is 0 Å². The van der Waals surface area contributed by atoms with Gasteiger partial charge in [0.15, 0.2) is 0 Å². The van der Waals surface area contributed by atoms with Gasteiger partial charge in [0.1, 0.15) is 6.10 Å².